The number of amides is 1. The normalized spacial score (nSPS) is 19.6. The summed E-state index contributed by atoms with van der Waals surface area (Å²) in [6, 6.07) is 10.4. The molecule has 2 heterocycles. The van der Waals surface area contributed by atoms with Crippen LogP contribution in [0.25, 0.3) is 0 Å². The van der Waals surface area contributed by atoms with E-state index in [0.717, 1.165) is 22.3 Å². The van der Waals surface area contributed by atoms with Crippen LogP contribution in [-0.4, -0.2) is 44.7 Å². The third-order valence-electron chi connectivity index (χ3n) is 6.44. The van der Waals surface area contributed by atoms with Crippen molar-refractivity contribution in [2.24, 2.45) is 0 Å². The molecule has 1 fully saturated rings. The minimum absolute atomic E-state index is 0.106. The van der Waals surface area contributed by atoms with Gasteiger partial charge in [0.1, 0.15) is 11.7 Å². The lowest BCUT2D eigenvalue weighted by Gasteiger charge is -2.40. The van der Waals surface area contributed by atoms with Crippen molar-refractivity contribution in [3.8, 4) is 0 Å². The lowest BCUT2D eigenvalue weighted by atomic mass is 9.83. The molecule has 1 amide bonds. The first-order valence-corrected chi connectivity index (χ1v) is 13.5. The number of hydrogen-bond acceptors (Lipinski definition) is 6. The number of piperidine rings is 1. The number of fused-ring (bicyclic) bond motifs is 2. The Morgan fingerprint density at radius 3 is 2.37 bits per heavy atom. The van der Waals surface area contributed by atoms with E-state index in [1.165, 1.54) is 12.1 Å². The summed E-state index contributed by atoms with van der Waals surface area (Å²) in [4.78, 5) is 14.3. The van der Waals surface area contributed by atoms with Gasteiger partial charge in [0.2, 0.25) is 0 Å². The number of benzene rings is 2. The molecule has 4 rings (SSSR count). The molecular formula is C26H32ClNO6S. The molecule has 0 N–H and O–H groups in total. The molecule has 1 spiro atoms. The topological polar surface area (TPSA) is 82.1 Å². The minimum atomic E-state index is -3.94. The van der Waals surface area contributed by atoms with Crippen LogP contribution in [0.4, 0.5) is 4.79 Å². The average molecular weight is 522 g/mol. The third kappa shape index (κ3) is 5.50. The van der Waals surface area contributed by atoms with E-state index >= 15 is 0 Å². The first-order chi connectivity index (χ1) is 16.3. The molecule has 2 aliphatic heterocycles. The van der Waals surface area contributed by atoms with Gasteiger partial charge in [0.05, 0.1) is 17.1 Å². The number of rotatable bonds is 4. The second-order valence-electron chi connectivity index (χ2n) is 10.3. The second kappa shape index (κ2) is 9.39. The number of aryl methyl sites for hydroxylation is 2. The van der Waals surface area contributed by atoms with E-state index in [4.69, 9.17) is 25.3 Å². The molecule has 2 aromatic carbocycles. The van der Waals surface area contributed by atoms with Crippen molar-refractivity contribution < 1.29 is 26.9 Å². The zero-order valence-corrected chi connectivity index (χ0v) is 22.3. The van der Waals surface area contributed by atoms with E-state index in [0.29, 0.717) is 31.0 Å². The van der Waals surface area contributed by atoms with Crippen LogP contribution in [0.1, 0.15) is 62.0 Å². The highest BCUT2D eigenvalue weighted by molar-refractivity contribution is 7.86. The Balaban J connectivity index is 1.54. The van der Waals surface area contributed by atoms with E-state index < -0.39 is 27.4 Å². The molecule has 1 atom stereocenters. The van der Waals surface area contributed by atoms with Gasteiger partial charge >= 0.3 is 6.09 Å². The summed E-state index contributed by atoms with van der Waals surface area (Å²) >= 11 is 6.47. The van der Waals surface area contributed by atoms with Gasteiger partial charge in [0.15, 0.2) is 0 Å². The Kier molecular flexibility index (Phi) is 6.96. The summed E-state index contributed by atoms with van der Waals surface area (Å²) in [6.07, 6.45) is 0.158. The van der Waals surface area contributed by atoms with E-state index in [1.54, 1.807) is 17.0 Å². The molecule has 0 aromatic heterocycles. The van der Waals surface area contributed by atoms with Gasteiger partial charge < -0.3 is 14.4 Å². The number of nitrogens with zero attached hydrogens (tertiary/aromatic N) is 1. The van der Waals surface area contributed by atoms with Crippen molar-refractivity contribution >= 4 is 27.8 Å². The van der Waals surface area contributed by atoms with Crippen molar-refractivity contribution in [2.75, 3.05) is 19.7 Å². The fourth-order valence-corrected chi connectivity index (χ4v) is 5.65. The highest BCUT2D eigenvalue weighted by atomic mass is 35.5. The smallest absolute Gasteiger partial charge is 0.410 e. The van der Waals surface area contributed by atoms with Gasteiger partial charge in [-0.1, -0.05) is 35.4 Å². The zero-order valence-electron chi connectivity index (χ0n) is 20.8. The maximum absolute atomic E-state index is 12.8. The van der Waals surface area contributed by atoms with Gasteiger partial charge in [-0.05, 0) is 82.3 Å². The van der Waals surface area contributed by atoms with Crippen LogP contribution in [-0.2, 0) is 29.4 Å². The van der Waals surface area contributed by atoms with Gasteiger partial charge in [-0.2, -0.15) is 8.42 Å². The molecule has 9 heteroatoms. The van der Waals surface area contributed by atoms with Crippen LogP contribution >= 0.6 is 11.6 Å². The molecule has 0 bridgehead atoms. The van der Waals surface area contributed by atoms with Crippen molar-refractivity contribution in [3.63, 3.8) is 0 Å². The van der Waals surface area contributed by atoms with Crippen LogP contribution in [0.2, 0.25) is 5.02 Å². The second-order valence-corrected chi connectivity index (χ2v) is 12.3. The molecule has 1 unspecified atom stereocenters. The molecule has 1 saturated heterocycles. The summed E-state index contributed by atoms with van der Waals surface area (Å²) in [5, 5.41) is 0.621. The average Bonchev–Trinajstić information content (AvgIpc) is 3.04. The number of ether oxygens (including phenoxy) is 2. The number of hydrogen-bond donors (Lipinski definition) is 0. The largest absolute Gasteiger partial charge is 0.444 e. The maximum Gasteiger partial charge on any atom is 0.410 e. The monoisotopic (exact) mass is 521 g/mol. The summed E-state index contributed by atoms with van der Waals surface area (Å²) in [5.74, 6) is 0. The van der Waals surface area contributed by atoms with E-state index in [-0.39, 0.29) is 17.6 Å². The third-order valence-corrected chi connectivity index (χ3v) is 8.15. The lowest BCUT2D eigenvalue weighted by Crippen LogP contribution is -2.47. The number of carbonyl (C=O) groups is 1. The van der Waals surface area contributed by atoms with E-state index in [9.17, 15) is 13.2 Å². The quantitative estimate of drug-likeness (QED) is 0.483. The van der Waals surface area contributed by atoms with Gasteiger partial charge in [-0.3, -0.25) is 4.18 Å². The maximum atomic E-state index is 12.8. The van der Waals surface area contributed by atoms with Crippen LogP contribution in [0.3, 0.4) is 0 Å². The standard InChI is InChI=1S/C26H32ClNO6S/c1-17-6-8-19(9-7-17)35(30,31)32-16-23-20-14-18(2)22(27)15-21(20)26(33-23)10-12-28(13-11-26)24(29)34-25(3,4)5/h6-9,14-15,23H,10-13,16H2,1-5H3. The predicted octanol–water partition coefficient (Wildman–Crippen LogP) is 5.66. The van der Waals surface area contributed by atoms with Gasteiger partial charge in [0.25, 0.3) is 10.1 Å². The van der Waals surface area contributed by atoms with Crippen LogP contribution in [0.5, 0.6) is 0 Å². The molecule has 190 valence electrons. The van der Waals surface area contributed by atoms with Gasteiger partial charge in [-0.15, -0.1) is 0 Å². The molecule has 0 saturated carbocycles. The molecule has 2 aromatic rings. The first kappa shape index (κ1) is 25.9. The molecular weight excluding hydrogens is 490 g/mol. The van der Waals surface area contributed by atoms with Crippen LogP contribution < -0.4 is 0 Å². The van der Waals surface area contributed by atoms with Gasteiger partial charge in [-0.25, -0.2) is 4.79 Å². The SMILES string of the molecule is Cc1ccc(S(=O)(=O)OCC2OC3(CCN(C(=O)OC(C)(C)C)CC3)c3cc(Cl)c(C)cc32)cc1. The molecule has 0 aliphatic carbocycles. The van der Waals surface area contributed by atoms with E-state index in [1.807, 2.05) is 46.8 Å². The fraction of sp³-hybridized carbons (Fsp3) is 0.500. The van der Waals surface area contributed by atoms with Crippen molar-refractivity contribution in [1.82, 2.24) is 4.90 Å². The predicted molar refractivity (Wildman–Crippen MR) is 133 cm³/mol. The zero-order chi connectivity index (χ0) is 25.6. The Morgan fingerprint density at radius 1 is 1.14 bits per heavy atom. The molecule has 0 radical (unpaired) electrons. The highest BCUT2D eigenvalue weighted by Crippen LogP contribution is 2.51. The Labute approximate surface area is 212 Å². The summed E-state index contributed by atoms with van der Waals surface area (Å²) < 4.78 is 43.0. The van der Waals surface area contributed by atoms with Crippen molar-refractivity contribution in [1.29, 1.82) is 0 Å². The van der Waals surface area contributed by atoms with Crippen molar-refractivity contribution in [2.45, 2.75) is 69.7 Å². The molecule has 2 aliphatic rings. The first-order valence-electron chi connectivity index (χ1n) is 11.7. The summed E-state index contributed by atoms with van der Waals surface area (Å²) in [6.45, 7) is 10.1. The Hall–Kier alpha value is -2.13. The van der Waals surface area contributed by atoms with Crippen LogP contribution in [0.15, 0.2) is 41.3 Å². The minimum Gasteiger partial charge on any atom is -0.444 e. The van der Waals surface area contributed by atoms with Crippen molar-refractivity contribution in [3.05, 3.63) is 63.7 Å². The summed E-state index contributed by atoms with van der Waals surface area (Å²) in [5.41, 5.74) is 2.40. The van der Waals surface area contributed by atoms with Crippen LogP contribution in [0, 0.1) is 13.8 Å². The Morgan fingerprint density at radius 2 is 1.77 bits per heavy atom. The number of likely N-dealkylation sites (tertiary alicyclic amines) is 1. The lowest BCUT2D eigenvalue weighted by molar-refractivity contribution is -0.118. The molecule has 35 heavy (non-hydrogen) atoms. The molecule has 7 nitrogen and oxygen atoms in total. The Bertz CT molecular complexity index is 1210. The fourth-order valence-electron chi connectivity index (χ4n) is 4.58. The van der Waals surface area contributed by atoms with E-state index in [2.05, 4.69) is 0 Å². The number of halogens is 1. The van der Waals surface area contributed by atoms with Gasteiger partial charge in [0, 0.05) is 18.1 Å². The summed E-state index contributed by atoms with van der Waals surface area (Å²) in [7, 11) is -3.94. The number of carbonyl (C=O) groups excluding carboxylic acids is 1. The highest BCUT2D eigenvalue weighted by Gasteiger charge is 2.48.